The summed E-state index contributed by atoms with van der Waals surface area (Å²) in [4.78, 5) is 24.5. The molecular formula is C21H12Cl2FN3O2. The van der Waals surface area contributed by atoms with E-state index in [4.69, 9.17) is 28.5 Å². The van der Waals surface area contributed by atoms with Gasteiger partial charge in [-0.15, -0.1) is 0 Å². The molecule has 3 rings (SSSR count). The Labute approximate surface area is 175 Å². The summed E-state index contributed by atoms with van der Waals surface area (Å²) in [5, 5.41) is 14.6. The Morgan fingerprint density at radius 1 is 0.828 bits per heavy atom. The highest BCUT2D eigenvalue weighted by Crippen LogP contribution is 2.23. The van der Waals surface area contributed by atoms with E-state index in [1.165, 1.54) is 24.3 Å². The minimum absolute atomic E-state index is 0.125. The quantitative estimate of drug-likeness (QED) is 0.575. The molecule has 5 nitrogen and oxygen atoms in total. The fourth-order valence-electron chi connectivity index (χ4n) is 2.48. The standard InChI is InChI=1S/C21H12Cl2FN3O2/c22-13-2-8-16(18(23)10-13)20(28)26-14-3-5-15(6-4-14)27-21(29)17-7-1-12(11-25)9-19(17)24/h1-10H,(H,26,28)(H,27,29). The van der Waals surface area contributed by atoms with Crippen LogP contribution in [0.1, 0.15) is 26.3 Å². The van der Waals surface area contributed by atoms with Crippen molar-refractivity contribution in [3.63, 3.8) is 0 Å². The highest BCUT2D eigenvalue weighted by Gasteiger charge is 2.14. The number of halogens is 3. The minimum Gasteiger partial charge on any atom is -0.322 e. The van der Waals surface area contributed by atoms with Crippen molar-refractivity contribution in [1.29, 1.82) is 5.26 Å². The number of nitrogens with one attached hydrogen (secondary N) is 2. The van der Waals surface area contributed by atoms with Gasteiger partial charge in [-0.3, -0.25) is 9.59 Å². The Balaban J connectivity index is 1.68. The average molecular weight is 428 g/mol. The molecule has 0 radical (unpaired) electrons. The largest absolute Gasteiger partial charge is 0.322 e. The zero-order valence-electron chi connectivity index (χ0n) is 14.7. The third-order valence-electron chi connectivity index (χ3n) is 3.92. The number of rotatable bonds is 4. The number of hydrogen-bond acceptors (Lipinski definition) is 3. The number of amides is 2. The lowest BCUT2D eigenvalue weighted by Crippen LogP contribution is -2.14. The van der Waals surface area contributed by atoms with Gasteiger partial charge in [0.25, 0.3) is 11.8 Å². The third-order valence-corrected chi connectivity index (χ3v) is 4.47. The summed E-state index contributed by atoms with van der Waals surface area (Å²) < 4.78 is 13.9. The van der Waals surface area contributed by atoms with E-state index in [0.717, 1.165) is 6.07 Å². The molecule has 0 unspecified atom stereocenters. The molecular weight excluding hydrogens is 416 g/mol. The number of nitriles is 1. The number of nitrogens with zero attached hydrogens (tertiary/aromatic N) is 1. The maximum Gasteiger partial charge on any atom is 0.258 e. The molecule has 0 saturated heterocycles. The van der Waals surface area contributed by atoms with Gasteiger partial charge in [-0.1, -0.05) is 23.2 Å². The van der Waals surface area contributed by atoms with Gasteiger partial charge in [0.15, 0.2) is 0 Å². The summed E-state index contributed by atoms with van der Waals surface area (Å²) in [7, 11) is 0. The maximum atomic E-state index is 13.9. The van der Waals surface area contributed by atoms with E-state index >= 15 is 0 Å². The lowest BCUT2D eigenvalue weighted by atomic mass is 10.1. The summed E-state index contributed by atoms with van der Waals surface area (Å²) in [5.74, 6) is -1.86. The summed E-state index contributed by atoms with van der Waals surface area (Å²) in [5.41, 5.74) is 1.09. The second-order valence-electron chi connectivity index (χ2n) is 5.92. The fraction of sp³-hybridized carbons (Fsp3) is 0. The van der Waals surface area contributed by atoms with Crippen molar-refractivity contribution in [3.8, 4) is 6.07 Å². The predicted molar refractivity (Wildman–Crippen MR) is 110 cm³/mol. The molecule has 0 bridgehead atoms. The van der Waals surface area contributed by atoms with Gasteiger partial charge in [0.1, 0.15) is 5.82 Å². The molecule has 0 atom stereocenters. The predicted octanol–water partition coefficient (Wildman–Crippen LogP) is 5.51. The van der Waals surface area contributed by atoms with Crippen LogP contribution < -0.4 is 10.6 Å². The molecule has 0 aromatic heterocycles. The van der Waals surface area contributed by atoms with Crippen LogP contribution in [-0.4, -0.2) is 11.8 Å². The number of carbonyl (C=O) groups excluding carboxylic acids is 2. The lowest BCUT2D eigenvalue weighted by Gasteiger charge is -2.09. The van der Waals surface area contributed by atoms with E-state index in [9.17, 15) is 14.0 Å². The smallest absolute Gasteiger partial charge is 0.258 e. The monoisotopic (exact) mass is 427 g/mol. The number of benzene rings is 3. The topological polar surface area (TPSA) is 82.0 Å². The van der Waals surface area contributed by atoms with Gasteiger partial charge in [0.05, 0.1) is 27.8 Å². The van der Waals surface area contributed by atoms with E-state index in [0.29, 0.717) is 16.4 Å². The minimum atomic E-state index is -0.787. The van der Waals surface area contributed by atoms with Crippen LogP contribution >= 0.6 is 23.2 Å². The molecule has 0 aliphatic carbocycles. The molecule has 0 aliphatic rings. The van der Waals surface area contributed by atoms with Crippen molar-refractivity contribution in [2.45, 2.75) is 0 Å². The Morgan fingerprint density at radius 3 is 1.90 bits per heavy atom. The first-order valence-corrected chi connectivity index (χ1v) is 9.00. The Hall–Kier alpha value is -3.40. The summed E-state index contributed by atoms with van der Waals surface area (Å²) >= 11 is 11.8. The van der Waals surface area contributed by atoms with Gasteiger partial charge in [-0.05, 0) is 60.7 Å². The first-order chi connectivity index (χ1) is 13.9. The van der Waals surface area contributed by atoms with Crippen LogP contribution in [0.15, 0.2) is 60.7 Å². The SMILES string of the molecule is N#Cc1ccc(C(=O)Nc2ccc(NC(=O)c3ccc(Cl)cc3Cl)cc2)c(F)c1. The van der Waals surface area contributed by atoms with Crippen LogP contribution in [0.5, 0.6) is 0 Å². The van der Waals surface area contributed by atoms with Crippen molar-refractivity contribution in [3.05, 3.63) is 93.2 Å². The van der Waals surface area contributed by atoms with Gasteiger partial charge < -0.3 is 10.6 Å². The molecule has 0 spiro atoms. The van der Waals surface area contributed by atoms with E-state index in [1.54, 1.807) is 36.4 Å². The lowest BCUT2D eigenvalue weighted by molar-refractivity contribution is 0.101. The molecule has 2 N–H and O–H groups in total. The number of hydrogen-bond donors (Lipinski definition) is 2. The molecule has 0 saturated carbocycles. The van der Waals surface area contributed by atoms with Crippen molar-refractivity contribution in [2.75, 3.05) is 10.6 Å². The third kappa shape index (κ3) is 4.91. The molecule has 0 aliphatic heterocycles. The van der Waals surface area contributed by atoms with Crippen LogP contribution in [0.4, 0.5) is 15.8 Å². The number of carbonyl (C=O) groups is 2. The second kappa shape index (κ2) is 8.74. The molecule has 0 heterocycles. The van der Waals surface area contributed by atoms with E-state index in [1.807, 2.05) is 0 Å². The molecule has 144 valence electrons. The molecule has 8 heteroatoms. The second-order valence-corrected chi connectivity index (χ2v) is 6.76. The van der Waals surface area contributed by atoms with Gasteiger partial charge in [-0.25, -0.2) is 4.39 Å². The van der Waals surface area contributed by atoms with Crippen LogP contribution in [0, 0.1) is 17.1 Å². The van der Waals surface area contributed by atoms with Gasteiger partial charge in [0.2, 0.25) is 0 Å². The summed E-state index contributed by atoms with van der Waals surface area (Å²) in [6, 6.07) is 16.2. The van der Waals surface area contributed by atoms with Crippen LogP contribution in [0.25, 0.3) is 0 Å². The molecule has 3 aromatic carbocycles. The first kappa shape index (κ1) is 20.3. The van der Waals surface area contributed by atoms with Crippen LogP contribution in [-0.2, 0) is 0 Å². The fourth-order valence-corrected chi connectivity index (χ4v) is 2.97. The maximum absolute atomic E-state index is 13.9. The number of anilines is 2. The Morgan fingerprint density at radius 2 is 1.38 bits per heavy atom. The molecule has 29 heavy (non-hydrogen) atoms. The van der Waals surface area contributed by atoms with E-state index in [2.05, 4.69) is 10.6 Å². The molecule has 0 fully saturated rings. The Bertz CT molecular complexity index is 1140. The van der Waals surface area contributed by atoms with Crippen LogP contribution in [0.3, 0.4) is 0 Å². The van der Waals surface area contributed by atoms with Crippen molar-refractivity contribution >= 4 is 46.4 Å². The summed E-state index contributed by atoms with van der Waals surface area (Å²) in [6.45, 7) is 0. The zero-order chi connectivity index (χ0) is 21.0. The highest BCUT2D eigenvalue weighted by molar-refractivity contribution is 6.37. The van der Waals surface area contributed by atoms with Gasteiger partial charge in [-0.2, -0.15) is 5.26 Å². The summed E-state index contributed by atoms with van der Waals surface area (Å²) in [6.07, 6.45) is 0. The normalized spacial score (nSPS) is 10.1. The van der Waals surface area contributed by atoms with E-state index < -0.39 is 17.6 Å². The van der Waals surface area contributed by atoms with Gasteiger partial charge in [0, 0.05) is 16.4 Å². The van der Waals surface area contributed by atoms with Crippen molar-refractivity contribution < 1.29 is 14.0 Å². The molecule has 3 aromatic rings. The van der Waals surface area contributed by atoms with Crippen LogP contribution in [0.2, 0.25) is 10.0 Å². The molecule has 2 amide bonds. The van der Waals surface area contributed by atoms with Gasteiger partial charge >= 0.3 is 0 Å². The first-order valence-electron chi connectivity index (χ1n) is 8.25. The average Bonchev–Trinajstić information content (AvgIpc) is 2.69. The highest BCUT2D eigenvalue weighted by atomic mass is 35.5. The zero-order valence-corrected chi connectivity index (χ0v) is 16.2. The Kier molecular flexibility index (Phi) is 6.13. The van der Waals surface area contributed by atoms with Crippen molar-refractivity contribution in [2.24, 2.45) is 0 Å². The van der Waals surface area contributed by atoms with Crippen molar-refractivity contribution in [1.82, 2.24) is 0 Å². The van der Waals surface area contributed by atoms with E-state index in [-0.39, 0.29) is 21.7 Å².